The normalized spacial score (nSPS) is 12.4. The van der Waals surface area contributed by atoms with Crippen molar-refractivity contribution in [3.05, 3.63) is 119 Å². The molecule has 5 aromatic carbocycles. The maximum atomic E-state index is 6.90. The van der Waals surface area contributed by atoms with E-state index in [2.05, 4.69) is 169 Å². The molecule has 3 nitrogen and oxygen atoms in total. The van der Waals surface area contributed by atoms with Gasteiger partial charge in [0, 0.05) is 21.9 Å². The number of benzene rings is 5. The van der Waals surface area contributed by atoms with Gasteiger partial charge in [-0.15, -0.1) is 0 Å². The molecule has 7 rings (SSSR count). The van der Waals surface area contributed by atoms with Gasteiger partial charge in [-0.25, -0.2) is 4.57 Å². The Labute approximate surface area is 273 Å². The summed E-state index contributed by atoms with van der Waals surface area (Å²) in [4.78, 5) is 0. The van der Waals surface area contributed by atoms with Crippen molar-refractivity contribution in [1.82, 2.24) is 4.57 Å². The Kier molecular flexibility index (Phi) is 7.20. The fourth-order valence-corrected chi connectivity index (χ4v) is 7.33. The van der Waals surface area contributed by atoms with Crippen LogP contribution in [0.25, 0.3) is 61.2 Å². The van der Waals surface area contributed by atoms with Crippen molar-refractivity contribution in [2.24, 2.45) is 7.05 Å². The molecule has 46 heavy (non-hydrogen) atoms. The van der Waals surface area contributed by atoms with Gasteiger partial charge in [0.2, 0.25) is 0 Å². The van der Waals surface area contributed by atoms with E-state index in [4.69, 9.17) is 4.42 Å². The summed E-state index contributed by atoms with van der Waals surface area (Å²) in [6, 6.07) is 35.5. The molecule has 0 aliphatic carbocycles. The summed E-state index contributed by atoms with van der Waals surface area (Å²) in [6.07, 6.45) is 0. The average Bonchev–Trinajstić information content (AvgIpc) is 3.55. The van der Waals surface area contributed by atoms with Crippen LogP contribution in [-0.4, -0.2) is 4.57 Å². The molecule has 0 aliphatic rings. The Hall–Kier alpha value is -4.63. The molecule has 232 valence electrons. The van der Waals surface area contributed by atoms with Crippen LogP contribution in [0, 0.1) is 6.92 Å². The summed E-state index contributed by atoms with van der Waals surface area (Å²) in [5.74, 6) is 1.76. The van der Waals surface area contributed by atoms with Crippen LogP contribution in [0.2, 0.25) is 0 Å². The van der Waals surface area contributed by atoms with E-state index >= 15 is 0 Å². The third-order valence-corrected chi connectivity index (χ3v) is 9.66. The quantitative estimate of drug-likeness (QED) is 0.179. The predicted molar refractivity (Wildman–Crippen MR) is 194 cm³/mol. The first-order valence-corrected chi connectivity index (χ1v) is 16.7. The molecular formula is C43H45N2O+. The zero-order valence-electron chi connectivity index (χ0n) is 28.7. The second-order valence-electron chi connectivity index (χ2n) is 14.6. The van der Waals surface area contributed by atoms with Gasteiger partial charge in [-0.05, 0) is 76.8 Å². The predicted octanol–water partition coefficient (Wildman–Crippen LogP) is 11.5. The van der Waals surface area contributed by atoms with Gasteiger partial charge in [0.05, 0.1) is 7.05 Å². The van der Waals surface area contributed by atoms with Crippen LogP contribution >= 0.6 is 0 Å². The summed E-state index contributed by atoms with van der Waals surface area (Å²) >= 11 is 0. The Morgan fingerprint density at radius 3 is 2.02 bits per heavy atom. The topological polar surface area (TPSA) is 21.9 Å². The average molecular weight is 606 g/mol. The lowest BCUT2D eigenvalue weighted by Gasteiger charge is -2.21. The lowest BCUT2D eigenvalue weighted by atomic mass is 9.84. The molecule has 0 unspecified atom stereocenters. The third-order valence-electron chi connectivity index (χ3n) is 9.66. The molecule has 3 heteroatoms. The van der Waals surface area contributed by atoms with Gasteiger partial charge in [0.25, 0.3) is 5.82 Å². The number of aromatic nitrogens is 2. The van der Waals surface area contributed by atoms with E-state index in [0.29, 0.717) is 11.8 Å². The van der Waals surface area contributed by atoms with Crippen molar-refractivity contribution in [3.8, 4) is 28.2 Å². The molecule has 0 radical (unpaired) electrons. The molecule has 0 spiro atoms. The number of fused-ring (bicyclic) bond motifs is 4. The highest BCUT2D eigenvalue weighted by atomic mass is 16.3. The van der Waals surface area contributed by atoms with Gasteiger partial charge >= 0.3 is 0 Å². The molecule has 7 aromatic rings. The van der Waals surface area contributed by atoms with E-state index in [1.807, 2.05) is 0 Å². The van der Waals surface area contributed by atoms with Gasteiger partial charge in [-0.1, -0.05) is 115 Å². The van der Waals surface area contributed by atoms with Crippen molar-refractivity contribution in [1.29, 1.82) is 0 Å². The highest BCUT2D eigenvalue weighted by Gasteiger charge is 2.34. The van der Waals surface area contributed by atoms with Gasteiger partial charge in [0.1, 0.15) is 16.8 Å². The third kappa shape index (κ3) is 4.67. The maximum absolute atomic E-state index is 6.90. The summed E-state index contributed by atoms with van der Waals surface area (Å²) in [7, 11) is 2.21. The zero-order chi connectivity index (χ0) is 32.5. The molecule has 2 aromatic heterocycles. The van der Waals surface area contributed by atoms with Crippen LogP contribution in [0.4, 0.5) is 0 Å². The van der Waals surface area contributed by atoms with E-state index in [1.54, 1.807) is 0 Å². The Morgan fingerprint density at radius 1 is 0.717 bits per heavy atom. The lowest BCUT2D eigenvalue weighted by molar-refractivity contribution is -0.633. The van der Waals surface area contributed by atoms with Crippen molar-refractivity contribution in [3.63, 3.8) is 0 Å². The summed E-state index contributed by atoms with van der Waals surface area (Å²) < 4.78 is 11.8. The molecule has 0 bridgehead atoms. The van der Waals surface area contributed by atoms with Crippen molar-refractivity contribution >= 4 is 33.0 Å². The second kappa shape index (κ2) is 11.0. The number of aryl methyl sites for hydroxylation is 2. The van der Waals surface area contributed by atoms with Gasteiger partial charge < -0.3 is 4.42 Å². The van der Waals surface area contributed by atoms with E-state index in [9.17, 15) is 0 Å². The van der Waals surface area contributed by atoms with Crippen LogP contribution in [0.1, 0.15) is 82.6 Å². The Morgan fingerprint density at radius 2 is 1.37 bits per heavy atom. The standard InChI is InChI=1S/C43H45N2O/c1-26(2)32-24-30(29-16-11-10-12-17-29)25-33(27(3)4)40(32)45-36-20-14-13-19-35(36)44(9)42(45)38-28(5)22-23-31-39-34(43(6,7)8)18-15-21-37(39)46-41(31)38/h10-27H,1-9H3/q+1. The molecule has 0 atom stereocenters. The van der Waals surface area contributed by atoms with Gasteiger partial charge in [-0.3, -0.25) is 0 Å². The van der Waals surface area contributed by atoms with E-state index in [0.717, 1.165) is 22.6 Å². The minimum Gasteiger partial charge on any atom is -0.455 e. The van der Waals surface area contributed by atoms with E-state index in [1.165, 1.54) is 60.9 Å². The highest BCUT2D eigenvalue weighted by Crippen LogP contribution is 2.44. The number of hydrogen-bond donors (Lipinski definition) is 0. The molecule has 2 heterocycles. The summed E-state index contributed by atoms with van der Waals surface area (Å²) in [6.45, 7) is 18.4. The molecule has 0 aliphatic heterocycles. The number of furan rings is 1. The highest BCUT2D eigenvalue weighted by molar-refractivity contribution is 6.11. The van der Waals surface area contributed by atoms with Crippen LogP contribution in [0.15, 0.2) is 101 Å². The first-order chi connectivity index (χ1) is 22.0. The Bertz CT molecular complexity index is 2230. The number of imidazole rings is 1. The number of hydrogen-bond acceptors (Lipinski definition) is 1. The smallest absolute Gasteiger partial charge is 0.299 e. The van der Waals surface area contributed by atoms with E-state index < -0.39 is 0 Å². The van der Waals surface area contributed by atoms with E-state index in [-0.39, 0.29) is 5.41 Å². The first kappa shape index (κ1) is 30.0. The number of nitrogens with zero attached hydrogens (tertiary/aromatic N) is 2. The van der Waals surface area contributed by atoms with Crippen molar-refractivity contribution in [2.75, 3.05) is 0 Å². The van der Waals surface area contributed by atoms with Crippen molar-refractivity contribution in [2.45, 2.75) is 72.6 Å². The zero-order valence-corrected chi connectivity index (χ0v) is 28.7. The molecule has 0 saturated carbocycles. The minimum absolute atomic E-state index is 0.0141. The van der Waals surface area contributed by atoms with Crippen molar-refractivity contribution < 1.29 is 8.98 Å². The minimum atomic E-state index is -0.0141. The van der Waals surface area contributed by atoms with Gasteiger partial charge in [-0.2, -0.15) is 4.57 Å². The molecule has 0 fully saturated rings. The molecular weight excluding hydrogens is 560 g/mol. The molecule has 0 saturated heterocycles. The molecule has 0 N–H and O–H groups in total. The fourth-order valence-electron chi connectivity index (χ4n) is 7.33. The van der Waals surface area contributed by atoms with Crippen LogP contribution in [-0.2, 0) is 12.5 Å². The SMILES string of the molecule is Cc1ccc2c(oc3cccc(C(C)(C)C)c32)c1-c1n(-c2c(C(C)C)cc(-c3ccccc3)cc2C(C)C)c2ccccc2[n+]1C. The van der Waals surface area contributed by atoms with Crippen LogP contribution < -0.4 is 4.57 Å². The van der Waals surface area contributed by atoms with Crippen LogP contribution in [0.5, 0.6) is 0 Å². The monoisotopic (exact) mass is 605 g/mol. The maximum Gasteiger partial charge on any atom is 0.299 e. The number of para-hydroxylation sites is 2. The fraction of sp³-hybridized carbons (Fsp3) is 0.279. The lowest BCUT2D eigenvalue weighted by Crippen LogP contribution is -2.30. The van der Waals surface area contributed by atoms with Crippen LogP contribution in [0.3, 0.4) is 0 Å². The van der Waals surface area contributed by atoms with Gasteiger partial charge in [0.15, 0.2) is 16.6 Å². The Balaban J connectivity index is 1.65. The summed E-state index contributed by atoms with van der Waals surface area (Å²) in [5, 5.41) is 2.39. The molecule has 0 amide bonds. The number of rotatable bonds is 5. The largest absolute Gasteiger partial charge is 0.455 e. The summed E-state index contributed by atoms with van der Waals surface area (Å²) in [5.41, 5.74) is 14.4. The second-order valence-corrected chi connectivity index (χ2v) is 14.6. The first-order valence-electron chi connectivity index (χ1n) is 16.7.